The SMILES string of the molecule is CC1(C)C(=O)Nc2cc(Nc3nc4c(N5CCC6(CC5)CC(O)NC6=O)nccn4n3)ccc21. The van der Waals surface area contributed by atoms with Gasteiger partial charge in [0.1, 0.15) is 6.23 Å². The highest BCUT2D eigenvalue weighted by Gasteiger charge is 2.48. The summed E-state index contributed by atoms with van der Waals surface area (Å²) < 4.78 is 1.68. The summed E-state index contributed by atoms with van der Waals surface area (Å²) in [5, 5.41) is 23.2. The number of nitrogens with zero attached hydrogens (tertiary/aromatic N) is 5. The molecule has 3 aliphatic rings. The van der Waals surface area contributed by atoms with E-state index in [2.05, 4.69) is 35.9 Å². The zero-order valence-corrected chi connectivity index (χ0v) is 19.0. The Morgan fingerprint density at radius 2 is 1.97 bits per heavy atom. The number of anilines is 4. The molecule has 11 nitrogen and oxygen atoms in total. The lowest BCUT2D eigenvalue weighted by molar-refractivity contribution is -0.128. The molecule has 2 aromatic heterocycles. The monoisotopic (exact) mass is 462 g/mol. The molecule has 6 rings (SSSR count). The van der Waals surface area contributed by atoms with Crippen molar-refractivity contribution in [3.63, 3.8) is 0 Å². The first-order chi connectivity index (χ1) is 16.2. The van der Waals surface area contributed by atoms with Gasteiger partial charge in [0, 0.05) is 43.3 Å². The smallest absolute Gasteiger partial charge is 0.247 e. The quantitative estimate of drug-likeness (QED) is 0.460. The first-order valence-electron chi connectivity index (χ1n) is 11.4. The highest BCUT2D eigenvalue weighted by Crippen LogP contribution is 2.41. The number of fused-ring (bicyclic) bond motifs is 2. The number of aliphatic hydroxyl groups is 1. The Balaban J connectivity index is 1.23. The van der Waals surface area contributed by atoms with Gasteiger partial charge >= 0.3 is 0 Å². The van der Waals surface area contributed by atoms with Crippen LogP contribution in [0.15, 0.2) is 30.6 Å². The lowest BCUT2D eigenvalue weighted by Crippen LogP contribution is -2.44. The van der Waals surface area contributed by atoms with Gasteiger partial charge in [-0.2, -0.15) is 4.98 Å². The summed E-state index contributed by atoms with van der Waals surface area (Å²) in [5.41, 5.74) is 2.08. The zero-order valence-electron chi connectivity index (χ0n) is 19.0. The topological polar surface area (TPSA) is 137 Å². The van der Waals surface area contributed by atoms with Crippen LogP contribution in [0.4, 0.5) is 23.1 Å². The highest BCUT2D eigenvalue weighted by molar-refractivity contribution is 6.06. The number of aromatic nitrogens is 4. The lowest BCUT2D eigenvalue weighted by Gasteiger charge is -2.37. The van der Waals surface area contributed by atoms with Crippen molar-refractivity contribution in [2.45, 2.75) is 44.8 Å². The first kappa shape index (κ1) is 20.8. The largest absolute Gasteiger partial charge is 0.374 e. The Morgan fingerprint density at radius 3 is 2.71 bits per heavy atom. The molecule has 0 saturated carbocycles. The van der Waals surface area contributed by atoms with Gasteiger partial charge in [0.2, 0.25) is 17.8 Å². The van der Waals surface area contributed by atoms with Crippen molar-refractivity contribution in [2.24, 2.45) is 5.41 Å². The molecule has 176 valence electrons. The molecule has 11 heteroatoms. The van der Waals surface area contributed by atoms with Gasteiger partial charge in [0.25, 0.3) is 0 Å². The van der Waals surface area contributed by atoms with Crippen LogP contribution in [0.1, 0.15) is 38.7 Å². The molecule has 0 aliphatic carbocycles. The van der Waals surface area contributed by atoms with Crippen LogP contribution >= 0.6 is 0 Å². The summed E-state index contributed by atoms with van der Waals surface area (Å²) in [4.78, 5) is 35.9. The summed E-state index contributed by atoms with van der Waals surface area (Å²) in [6.45, 7) is 5.10. The van der Waals surface area contributed by atoms with E-state index in [9.17, 15) is 14.7 Å². The molecule has 1 unspecified atom stereocenters. The van der Waals surface area contributed by atoms with Crippen LogP contribution in [-0.4, -0.2) is 55.8 Å². The first-order valence-corrected chi connectivity index (χ1v) is 11.4. The third kappa shape index (κ3) is 3.11. The van der Waals surface area contributed by atoms with Gasteiger partial charge in [-0.05, 0) is 44.4 Å². The molecule has 0 radical (unpaired) electrons. The fourth-order valence-corrected chi connectivity index (χ4v) is 5.28. The van der Waals surface area contributed by atoms with Crippen LogP contribution in [0, 0.1) is 5.41 Å². The van der Waals surface area contributed by atoms with Crippen LogP contribution in [0.25, 0.3) is 5.65 Å². The minimum absolute atomic E-state index is 0.0193. The van der Waals surface area contributed by atoms with E-state index in [1.165, 1.54) is 0 Å². The molecule has 2 amide bonds. The van der Waals surface area contributed by atoms with Crippen LogP contribution in [0.5, 0.6) is 0 Å². The van der Waals surface area contributed by atoms with Crippen LogP contribution < -0.4 is 20.9 Å². The molecule has 2 fully saturated rings. The Labute approximate surface area is 195 Å². The van der Waals surface area contributed by atoms with Crippen molar-refractivity contribution in [3.8, 4) is 0 Å². The summed E-state index contributed by atoms with van der Waals surface area (Å²) in [6.07, 6.45) is 4.42. The minimum Gasteiger partial charge on any atom is -0.374 e. The molecular formula is C23H26N8O3. The molecule has 1 spiro atoms. The summed E-state index contributed by atoms with van der Waals surface area (Å²) in [5.74, 6) is 1.05. The zero-order chi connectivity index (χ0) is 23.7. The summed E-state index contributed by atoms with van der Waals surface area (Å²) in [6, 6.07) is 5.74. The van der Waals surface area contributed by atoms with E-state index in [0.717, 1.165) is 16.9 Å². The van der Waals surface area contributed by atoms with E-state index in [1.54, 1.807) is 16.9 Å². The normalized spacial score (nSPS) is 22.7. The molecule has 0 bridgehead atoms. The van der Waals surface area contributed by atoms with Gasteiger partial charge < -0.3 is 26.0 Å². The van der Waals surface area contributed by atoms with Crippen LogP contribution in [0.2, 0.25) is 0 Å². The van der Waals surface area contributed by atoms with E-state index in [-0.39, 0.29) is 11.8 Å². The van der Waals surface area contributed by atoms with Crippen molar-refractivity contribution in [2.75, 3.05) is 28.6 Å². The van der Waals surface area contributed by atoms with Crippen molar-refractivity contribution in [1.29, 1.82) is 0 Å². The number of aliphatic hydroxyl groups excluding tert-OH is 1. The second kappa shape index (κ2) is 7.13. The molecule has 3 aliphatic heterocycles. The number of piperidine rings is 1. The molecule has 5 heterocycles. The van der Waals surface area contributed by atoms with Crippen LogP contribution in [0.3, 0.4) is 0 Å². The van der Waals surface area contributed by atoms with E-state index >= 15 is 0 Å². The molecule has 4 N–H and O–H groups in total. The fourth-order valence-electron chi connectivity index (χ4n) is 5.28. The average Bonchev–Trinajstić information content (AvgIpc) is 3.40. The average molecular weight is 463 g/mol. The molecule has 2 saturated heterocycles. The number of carbonyl (C=O) groups excluding carboxylic acids is 2. The van der Waals surface area contributed by atoms with Crippen molar-refractivity contribution in [1.82, 2.24) is 24.9 Å². The number of hydrogen-bond acceptors (Lipinski definition) is 8. The number of nitrogens with one attached hydrogen (secondary N) is 3. The lowest BCUT2D eigenvalue weighted by atomic mass is 9.77. The third-order valence-corrected chi connectivity index (χ3v) is 7.38. The number of benzene rings is 1. The van der Waals surface area contributed by atoms with Gasteiger partial charge in [-0.1, -0.05) is 6.07 Å². The van der Waals surface area contributed by atoms with Crippen LogP contribution in [-0.2, 0) is 15.0 Å². The second-order valence-corrected chi connectivity index (χ2v) is 9.88. The molecular weight excluding hydrogens is 436 g/mol. The predicted molar refractivity (Wildman–Crippen MR) is 125 cm³/mol. The Kier molecular flexibility index (Phi) is 4.37. The van der Waals surface area contributed by atoms with Crippen molar-refractivity contribution in [3.05, 3.63) is 36.2 Å². The van der Waals surface area contributed by atoms with Gasteiger partial charge in [-0.25, -0.2) is 9.50 Å². The fraction of sp³-hybridized carbons (Fsp3) is 0.435. The number of hydrogen-bond donors (Lipinski definition) is 4. The Bertz CT molecular complexity index is 1320. The maximum atomic E-state index is 12.4. The van der Waals surface area contributed by atoms with Gasteiger partial charge in [-0.15, -0.1) is 5.10 Å². The second-order valence-electron chi connectivity index (χ2n) is 9.88. The Morgan fingerprint density at radius 1 is 1.18 bits per heavy atom. The van der Waals surface area contributed by atoms with Gasteiger partial charge in [0.05, 0.1) is 10.8 Å². The molecule has 34 heavy (non-hydrogen) atoms. The predicted octanol–water partition coefficient (Wildman–Crippen LogP) is 1.52. The minimum atomic E-state index is -0.760. The van der Waals surface area contributed by atoms with E-state index in [4.69, 9.17) is 0 Å². The molecule has 1 atom stereocenters. The maximum absolute atomic E-state index is 12.4. The molecule has 3 aromatic rings. The van der Waals surface area contributed by atoms with Crippen molar-refractivity contribution < 1.29 is 14.7 Å². The molecule has 1 aromatic carbocycles. The summed E-state index contributed by atoms with van der Waals surface area (Å²) >= 11 is 0. The Hall–Kier alpha value is -3.73. The highest BCUT2D eigenvalue weighted by atomic mass is 16.3. The number of amides is 2. The van der Waals surface area contributed by atoms with Gasteiger partial charge in [-0.3, -0.25) is 9.59 Å². The van der Waals surface area contributed by atoms with E-state index in [0.29, 0.717) is 49.8 Å². The number of rotatable bonds is 3. The number of carbonyl (C=O) groups is 2. The van der Waals surface area contributed by atoms with Gasteiger partial charge in [0.15, 0.2) is 11.5 Å². The third-order valence-electron chi connectivity index (χ3n) is 7.38. The van der Waals surface area contributed by atoms with E-state index < -0.39 is 17.1 Å². The van der Waals surface area contributed by atoms with Crippen molar-refractivity contribution >= 4 is 40.6 Å². The van der Waals surface area contributed by atoms with E-state index in [1.807, 2.05) is 32.0 Å². The summed E-state index contributed by atoms with van der Waals surface area (Å²) in [7, 11) is 0. The maximum Gasteiger partial charge on any atom is 0.247 e. The standard InChI is InChI=1S/C23H26N8O3/c1-22(2)14-4-3-13(11-15(14)26-19(22)33)25-21-28-18-17(24-7-10-31(18)29-21)30-8-5-23(6-9-30)12-16(32)27-20(23)34/h3-4,7,10-11,16,32H,5-6,8-9,12H2,1-2H3,(H,25,29)(H,26,33)(H,27,34).